The number of hydrogen-bond donors (Lipinski definition) is 1. The monoisotopic (exact) mass is 262 g/mol. The maximum atomic E-state index is 9.00. The van der Waals surface area contributed by atoms with Gasteiger partial charge in [0.2, 0.25) is 0 Å². The zero-order chi connectivity index (χ0) is 11.7. The van der Waals surface area contributed by atoms with Crippen molar-refractivity contribution >= 4 is 45.4 Å². The number of carboxylic acid groups (broad SMARTS) is 2. The zero-order valence-corrected chi connectivity index (χ0v) is 12.7. The van der Waals surface area contributed by atoms with E-state index >= 15 is 0 Å². The number of aliphatic carboxylic acids is 2. The van der Waals surface area contributed by atoms with Gasteiger partial charge < -0.3 is 24.1 Å². The Kier molecular flexibility index (Phi) is 33.5. The first-order valence-electron chi connectivity index (χ1n) is 2.50. The molecule has 11 heteroatoms. The number of hydrogen-bond acceptors (Lipinski definition) is 7. The first kappa shape index (κ1) is 29.6. The fourth-order valence-corrected chi connectivity index (χ4v) is 0. The molecule has 0 aromatic carbocycles. The molecular weight excluding hydrogens is 255 g/mol. The summed E-state index contributed by atoms with van der Waals surface area (Å²) >= 11 is 0. The van der Waals surface area contributed by atoms with E-state index < -0.39 is 22.3 Å². The van der Waals surface area contributed by atoms with Crippen molar-refractivity contribution in [1.82, 2.24) is 0 Å². The molecule has 0 fully saturated rings. The largest absolute Gasteiger partial charge is 2.00 e. The molecule has 0 atom stereocenters. The number of carbonyl (C=O) groups is 2. The van der Waals surface area contributed by atoms with Gasteiger partial charge in [0.15, 0.2) is 0 Å². The van der Waals surface area contributed by atoms with E-state index in [0.29, 0.717) is 0 Å². The fourth-order valence-electron chi connectivity index (χ4n) is 0. The summed E-state index contributed by atoms with van der Waals surface area (Å²) in [6.45, 7) is 2.06. The minimum Gasteiger partial charge on any atom is -0.759 e. The van der Waals surface area contributed by atoms with Crippen molar-refractivity contribution in [3.05, 3.63) is 0 Å². The predicted molar refractivity (Wildman–Crippen MR) is 40.2 cm³/mol. The Morgan fingerprint density at radius 1 is 1.13 bits per heavy atom. The molecule has 0 aromatic heterocycles. The summed E-state index contributed by atoms with van der Waals surface area (Å²) in [6, 6.07) is 0. The summed E-state index contributed by atoms with van der Waals surface area (Å²) in [5.41, 5.74) is 0. The van der Waals surface area contributed by atoms with Crippen LogP contribution in [0.3, 0.4) is 0 Å². The molecule has 0 bridgehead atoms. The third-order valence-corrected chi connectivity index (χ3v) is 0. The molecule has 80 valence electrons. The maximum Gasteiger partial charge on any atom is 2.00 e. The summed E-state index contributed by atoms with van der Waals surface area (Å²) < 4.78 is 34.1. The molecule has 0 heterocycles. The average molecular weight is 262 g/mol. The van der Waals surface area contributed by atoms with Gasteiger partial charge >= 0.3 is 52.6 Å². The minimum absolute atomic E-state index is 0. The molecule has 0 amide bonds. The molecule has 0 radical (unpaired) electrons. The van der Waals surface area contributed by atoms with Crippen LogP contribution in [0.25, 0.3) is 0 Å². The normalized spacial score (nSPS) is 7.20. The maximum absolute atomic E-state index is 9.00. The summed E-state index contributed by atoms with van der Waals surface area (Å²) in [7, 11) is -5.17. The van der Waals surface area contributed by atoms with Gasteiger partial charge in [-0.25, -0.2) is 0 Å². The van der Waals surface area contributed by atoms with Crippen molar-refractivity contribution in [1.29, 1.82) is 0 Å². The molecule has 0 aromatic rings. The Morgan fingerprint density at radius 3 is 1.13 bits per heavy atom. The summed E-state index contributed by atoms with van der Waals surface area (Å²) in [6.07, 6.45) is 0. The number of rotatable bonds is 0. The van der Waals surface area contributed by atoms with Crippen LogP contribution in [0.2, 0.25) is 0 Å². The minimum atomic E-state index is -5.17. The van der Waals surface area contributed by atoms with Crippen molar-refractivity contribution in [3.8, 4) is 0 Å². The van der Waals surface area contributed by atoms with Gasteiger partial charge in [0.05, 0.1) is 0 Å². The van der Waals surface area contributed by atoms with Crippen LogP contribution in [0.4, 0.5) is 0 Å². The summed E-state index contributed by atoms with van der Waals surface area (Å²) in [5.74, 6) is -1.92. The quantitative estimate of drug-likeness (QED) is 0.257. The smallest absolute Gasteiger partial charge is 0.759 e. The van der Waals surface area contributed by atoms with E-state index in [1.807, 2.05) is 0 Å². The van der Waals surface area contributed by atoms with Gasteiger partial charge in [-0.05, 0) is 6.92 Å². The Morgan fingerprint density at radius 2 is 1.13 bits per heavy atom. The van der Waals surface area contributed by atoms with Gasteiger partial charge in [-0.1, -0.05) is 0 Å². The van der Waals surface area contributed by atoms with Crippen molar-refractivity contribution in [2.24, 2.45) is 0 Å². The molecule has 0 rings (SSSR count). The van der Waals surface area contributed by atoms with Crippen LogP contribution in [0.15, 0.2) is 0 Å². The summed E-state index contributed by atoms with van der Waals surface area (Å²) in [5, 5.41) is 16.3. The van der Waals surface area contributed by atoms with Gasteiger partial charge in [-0.15, -0.1) is 0 Å². The third-order valence-electron chi connectivity index (χ3n) is 0. The molecule has 0 spiro atoms. The van der Waals surface area contributed by atoms with Crippen LogP contribution in [-0.2, 0) is 20.0 Å². The van der Waals surface area contributed by atoms with Crippen LogP contribution in [0.1, 0.15) is 13.8 Å². The Balaban J connectivity index is -0.0000000315. The van der Waals surface area contributed by atoms with Crippen LogP contribution < -0.4 is 34.7 Å². The second-order valence-corrected chi connectivity index (χ2v) is 2.24. The molecule has 8 nitrogen and oxygen atoms in total. The van der Waals surface area contributed by atoms with Crippen molar-refractivity contribution in [2.75, 3.05) is 0 Å². The van der Waals surface area contributed by atoms with E-state index in [9.17, 15) is 0 Å². The molecule has 0 aliphatic rings. The second kappa shape index (κ2) is 17.0. The first-order chi connectivity index (χ1) is 5.46. The van der Waals surface area contributed by atoms with Gasteiger partial charge in [0, 0.05) is 23.3 Å². The van der Waals surface area contributed by atoms with Crippen molar-refractivity contribution < 1.29 is 66.9 Å². The Labute approximate surface area is 125 Å². The number of carbonyl (C=O) groups excluding carboxylic acids is 1. The molecule has 0 saturated heterocycles. The van der Waals surface area contributed by atoms with Gasteiger partial charge in [0.1, 0.15) is 0 Å². The van der Waals surface area contributed by atoms with Gasteiger partial charge in [0.25, 0.3) is 5.97 Å². The SMILES string of the molecule is CC(=O)O.CC(=O)[O-].O=S(=O)([O-])[O-].[Mg+2].[Na+]. The molecular formula is C4H7MgNaO8S. The Hall–Kier alpha value is 0.576. The standard InChI is InChI=1S/2C2H4O2.Mg.Na.H2O4S/c2*1-2(3)4;;;1-5(2,3)4/h2*1H3,(H,3,4);;;(H2,1,2,3,4)/q;;+2;+1;/p-3. The predicted octanol–water partition coefficient (Wildman–Crippen LogP) is -5.87. The van der Waals surface area contributed by atoms with E-state index in [1.54, 1.807) is 0 Å². The van der Waals surface area contributed by atoms with Crippen molar-refractivity contribution in [2.45, 2.75) is 13.8 Å². The fraction of sp³-hybridized carbons (Fsp3) is 0.500. The van der Waals surface area contributed by atoms with E-state index in [4.69, 9.17) is 37.3 Å². The topological polar surface area (TPSA) is 158 Å². The zero-order valence-electron chi connectivity index (χ0n) is 8.42. The van der Waals surface area contributed by atoms with E-state index in [-0.39, 0.29) is 52.6 Å². The van der Waals surface area contributed by atoms with Crippen LogP contribution in [-0.4, -0.2) is 57.6 Å². The van der Waals surface area contributed by atoms with Crippen molar-refractivity contribution in [3.63, 3.8) is 0 Å². The molecule has 0 aliphatic heterocycles. The van der Waals surface area contributed by atoms with Crippen LogP contribution in [0, 0.1) is 0 Å². The third kappa shape index (κ3) is 6940. The second-order valence-electron chi connectivity index (χ2n) is 1.42. The molecule has 0 unspecified atom stereocenters. The van der Waals surface area contributed by atoms with E-state index in [2.05, 4.69) is 0 Å². The average Bonchev–Trinajstić information content (AvgIpc) is 1.50. The molecule has 15 heavy (non-hydrogen) atoms. The Bertz CT molecular complexity index is 221. The van der Waals surface area contributed by atoms with Crippen LogP contribution in [0.5, 0.6) is 0 Å². The van der Waals surface area contributed by atoms with Crippen LogP contribution >= 0.6 is 0 Å². The van der Waals surface area contributed by atoms with E-state index in [1.165, 1.54) is 0 Å². The van der Waals surface area contributed by atoms with Gasteiger partial charge in [-0.3, -0.25) is 13.2 Å². The van der Waals surface area contributed by atoms with Gasteiger partial charge in [-0.2, -0.15) is 0 Å². The van der Waals surface area contributed by atoms with E-state index in [0.717, 1.165) is 13.8 Å². The molecule has 0 aliphatic carbocycles. The molecule has 0 saturated carbocycles. The molecule has 1 N–H and O–H groups in total. The summed E-state index contributed by atoms with van der Waals surface area (Å²) in [4.78, 5) is 17.9. The first-order valence-corrected chi connectivity index (χ1v) is 3.84. The number of carboxylic acids is 2.